The first-order valence-electron chi connectivity index (χ1n) is 5.30. The van der Waals surface area contributed by atoms with Gasteiger partial charge >= 0.3 is 0 Å². The number of hydrogen-bond acceptors (Lipinski definition) is 4. The lowest BCUT2D eigenvalue weighted by atomic mass is 10.2. The third-order valence-corrected chi connectivity index (χ3v) is 2.80. The fraction of sp³-hybridized carbons (Fsp3) is 0.400. The zero-order valence-electron chi connectivity index (χ0n) is 9.89. The Morgan fingerprint density at radius 3 is 2.72 bits per heavy atom. The molecule has 1 heterocycles. The number of aromatic amines is 1. The lowest BCUT2D eigenvalue weighted by Crippen LogP contribution is -2.31. The van der Waals surface area contributed by atoms with Gasteiger partial charge in [0.15, 0.2) is 5.43 Å². The summed E-state index contributed by atoms with van der Waals surface area (Å²) in [5.74, 6) is -0.476. The number of nitrogens with one attached hydrogen (secondary N) is 3. The van der Waals surface area contributed by atoms with Crippen molar-refractivity contribution < 1.29 is 13.2 Å². The Balaban J connectivity index is 2.35. The van der Waals surface area contributed by atoms with E-state index in [2.05, 4.69) is 15.0 Å². The average molecular weight is 273 g/mol. The van der Waals surface area contributed by atoms with Crippen molar-refractivity contribution >= 4 is 15.9 Å². The lowest BCUT2D eigenvalue weighted by Gasteiger charge is -2.05. The van der Waals surface area contributed by atoms with Crippen LogP contribution in [0.5, 0.6) is 0 Å². The number of amides is 1. The summed E-state index contributed by atoms with van der Waals surface area (Å²) >= 11 is 0. The maximum absolute atomic E-state index is 11.6. The molecule has 0 aliphatic rings. The van der Waals surface area contributed by atoms with Crippen LogP contribution in [0, 0.1) is 0 Å². The smallest absolute Gasteiger partial charge is 0.256 e. The second kappa shape index (κ2) is 6.31. The van der Waals surface area contributed by atoms with Crippen molar-refractivity contribution in [2.24, 2.45) is 0 Å². The van der Waals surface area contributed by atoms with Crippen LogP contribution in [0.25, 0.3) is 0 Å². The van der Waals surface area contributed by atoms with E-state index in [1.54, 1.807) is 0 Å². The molecule has 1 aromatic rings. The number of sulfonamides is 1. The summed E-state index contributed by atoms with van der Waals surface area (Å²) in [5.41, 5.74) is -0.325. The third kappa shape index (κ3) is 5.11. The van der Waals surface area contributed by atoms with E-state index in [1.807, 2.05) is 0 Å². The maximum Gasteiger partial charge on any atom is 0.256 e. The molecule has 18 heavy (non-hydrogen) atoms. The number of aromatic nitrogens is 1. The number of carbonyl (C=O) groups is 1. The van der Waals surface area contributed by atoms with Crippen molar-refractivity contribution in [3.05, 3.63) is 34.2 Å². The van der Waals surface area contributed by atoms with Gasteiger partial charge in [0.1, 0.15) is 5.56 Å². The molecule has 0 fully saturated rings. The highest BCUT2D eigenvalue weighted by molar-refractivity contribution is 7.88. The molecule has 3 N–H and O–H groups in total. The molecule has 100 valence electrons. The van der Waals surface area contributed by atoms with Crippen LogP contribution in [0.4, 0.5) is 0 Å². The van der Waals surface area contributed by atoms with Crippen LogP contribution in [-0.2, 0) is 10.0 Å². The van der Waals surface area contributed by atoms with Gasteiger partial charge in [-0.25, -0.2) is 13.1 Å². The summed E-state index contributed by atoms with van der Waals surface area (Å²) in [7, 11) is -3.20. The molecule has 1 aromatic heterocycles. The number of H-pyrrole nitrogens is 1. The Kier molecular flexibility index (Phi) is 5.05. The van der Waals surface area contributed by atoms with E-state index in [0.717, 1.165) is 6.26 Å². The normalized spacial score (nSPS) is 11.2. The van der Waals surface area contributed by atoms with Crippen LogP contribution < -0.4 is 15.5 Å². The van der Waals surface area contributed by atoms with E-state index < -0.39 is 15.9 Å². The van der Waals surface area contributed by atoms with Gasteiger partial charge in [0, 0.05) is 31.5 Å². The van der Waals surface area contributed by atoms with Crippen molar-refractivity contribution in [1.29, 1.82) is 0 Å². The number of carbonyl (C=O) groups excluding carboxylic acids is 1. The van der Waals surface area contributed by atoms with Gasteiger partial charge in [-0.1, -0.05) is 0 Å². The van der Waals surface area contributed by atoms with Gasteiger partial charge < -0.3 is 10.3 Å². The Labute approximate surface area is 105 Å². The highest BCUT2D eigenvalue weighted by Gasteiger charge is 2.08. The molecule has 0 aliphatic carbocycles. The molecular formula is C10H15N3O4S. The highest BCUT2D eigenvalue weighted by atomic mass is 32.2. The van der Waals surface area contributed by atoms with Gasteiger partial charge in [-0.05, 0) is 6.42 Å². The van der Waals surface area contributed by atoms with E-state index in [1.165, 1.54) is 18.5 Å². The zero-order chi connectivity index (χ0) is 13.6. The predicted octanol–water partition coefficient (Wildman–Crippen LogP) is -0.956. The molecule has 0 aromatic carbocycles. The molecule has 0 spiro atoms. The molecule has 8 heteroatoms. The monoisotopic (exact) mass is 273 g/mol. The summed E-state index contributed by atoms with van der Waals surface area (Å²) in [6, 6.07) is 1.26. The number of pyridine rings is 1. The predicted molar refractivity (Wildman–Crippen MR) is 66.9 cm³/mol. The Bertz CT molecular complexity index is 564. The second-order valence-electron chi connectivity index (χ2n) is 3.70. The third-order valence-electron chi connectivity index (χ3n) is 2.07. The van der Waals surface area contributed by atoms with E-state index in [0.29, 0.717) is 6.42 Å². The molecule has 0 saturated heterocycles. The molecule has 1 amide bonds. The SMILES string of the molecule is CS(=O)(=O)NCCCNC(=O)c1c[nH]ccc1=O. The molecule has 0 atom stereocenters. The molecular weight excluding hydrogens is 258 g/mol. The van der Waals surface area contributed by atoms with Gasteiger partial charge in [0.05, 0.1) is 6.26 Å². The summed E-state index contributed by atoms with van der Waals surface area (Å²) in [4.78, 5) is 25.5. The Hall–Kier alpha value is -1.67. The van der Waals surface area contributed by atoms with E-state index in [-0.39, 0.29) is 24.1 Å². The fourth-order valence-electron chi connectivity index (χ4n) is 1.24. The molecule has 0 radical (unpaired) electrons. The lowest BCUT2D eigenvalue weighted by molar-refractivity contribution is 0.0952. The standard InChI is InChI=1S/C10H15N3O4S/c1-18(16,17)13-5-2-4-12-10(15)8-7-11-6-3-9(8)14/h3,6-7,13H,2,4-5H2,1H3,(H,11,14)(H,12,15). The quantitative estimate of drug-likeness (QED) is 0.580. The van der Waals surface area contributed by atoms with Crippen molar-refractivity contribution in [1.82, 2.24) is 15.0 Å². The summed E-state index contributed by atoms with van der Waals surface area (Å²) in [5, 5.41) is 2.53. The largest absolute Gasteiger partial charge is 0.367 e. The molecule has 7 nitrogen and oxygen atoms in total. The van der Waals surface area contributed by atoms with E-state index in [4.69, 9.17) is 0 Å². The van der Waals surface area contributed by atoms with Crippen molar-refractivity contribution in [3.8, 4) is 0 Å². The Morgan fingerprint density at radius 2 is 2.11 bits per heavy atom. The first-order chi connectivity index (χ1) is 8.40. The van der Waals surface area contributed by atoms with Crippen LogP contribution in [-0.4, -0.2) is 38.7 Å². The first-order valence-corrected chi connectivity index (χ1v) is 7.19. The van der Waals surface area contributed by atoms with E-state index in [9.17, 15) is 18.0 Å². The van der Waals surface area contributed by atoms with Crippen molar-refractivity contribution in [2.75, 3.05) is 19.3 Å². The van der Waals surface area contributed by atoms with Gasteiger partial charge in [-0.2, -0.15) is 0 Å². The van der Waals surface area contributed by atoms with Gasteiger partial charge in [0.25, 0.3) is 5.91 Å². The van der Waals surface area contributed by atoms with Crippen molar-refractivity contribution in [3.63, 3.8) is 0 Å². The molecule has 0 unspecified atom stereocenters. The fourth-order valence-corrected chi connectivity index (χ4v) is 1.75. The van der Waals surface area contributed by atoms with Gasteiger partial charge in [-0.3, -0.25) is 9.59 Å². The number of hydrogen-bond donors (Lipinski definition) is 3. The van der Waals surface area contributed by atoms with E-state index >= 15 is 0 Å². The summed E-state index contributed by atoms with van der Waals surface area (Å²) < 4.78 is 23.8. The number of rotatable bonds is 6. The second-order valence-corrected chi connectivity index (χ2v) is 5.53. The maximum atomic E-state index is 11.6. The molecule has 0 saturated carbocycles. The summed E-state index contributed by atoms with van der Waals surface area (Å²) in [6.07, 6.45) is 4.28. The average Bonchev–Trinajstić information content (AvgIpc) is 2.27. The van der Waals surface area contributed by atoms with Crippen LogP contribution in [0.15, 0.2) is 23.3 Å². The molecule has 1 rings (SSSR count). The van der Waals surface area contributed by atoms with Crippen LogP contribution in [0.2, 0.25) is 0 Å². The minimum absolute atomic E-state index is 0.0357. The Morgan fingerprint density at radius 1 is 1.39 bits per heavy atom. The van der Waals surface area contributed by atoms with Crippen LogP contribution in [0.3, 0.4) is 0 Å². The van der Waals surface area contributed by atoms with Gasteiger partial charge in [-0.15, -0.1) is 0 Å². The van der Waals surface area contributed by atoms with Crippen LogP contribution in [0.1, 0.15) is 16.8 Å². The first kappa shape index (κ1) is 14.4. The summed E-state index contributed by atoms with van der Waals surface area (Å²) in [6.45, 7) is 0.528. The van der Waals surface area contributed by atoms with Crippen molar-refractivity contribution in [2.45, 2.75) is 6.42 Å². The topological polar surface area (TPSA) is 108 Å². The minimum Gasteiger partial charge on any atom is -0.367 e. The van der Waals surface area contributed by atoms with Gasteiger partial charge in [0.2, 0.25) is 10.0 Å². The highest BCUT2D eigenvalue weighted by Crippen LogP contribution is 1.88. The van der Waals surface area contributed by atoms with Crippen LogP contribution >= 0.6 is 0 Å². The zero-order valence-corrected chi connectivity index (χ0v) is 10.7. The molecule has 0 aliphatic heterocycles. The minimum atomic E-state index is -3.20. The molecule has 0 bridgehead atoms.